The number of amides is 2. The van der Waals surface area contributed by atoms with Crippen molar-refractivity contribution in [2.75, 3.05) is 11.9 Å². The molecule has 0 aliphatic carbocycles. The van der Waals surface area contributed by atoms with Gasteiger partial charge in [0.1, 0.15) is 22.9 Å². The molecule has 3 heterocycles. The lowest BCUT2D eigenvalue weighted by Gasteiger charge is -2.40. The van der Waals surface area contributed by atoms with Crippen LogP contribution in [0.3, 0.4) is 0 Å². The van der Waals surface area contributed by atoms with Crippen molar-refractivity contribution in [1.29, 1.82) is 5.26 Å². The zero-order valence-electron chi connectivity index (χ0n) is 19.8. The molecule has 0 saturated carbocycles. The number of rotatable bonds is 7. The number of pyridine rings is 2. The number of hydrogen-bond acceptors (Lipinski definition) is 7. The molecule has 0 radical (unpaired) electrons. The second kappa shape index (κ2) is 10.2. The Kier molecular flexibility index (Phi) is 7.53. The molecule has 1 aliphatic rings. The van der Waals surface area contributed by atoms with E-state index < -0.39 is 36.1 Å². The zero-order chi connectivity index (χ0) is 25.8. The van der Waals surface area contributed by atoms with Gasteiger partial charge in [-0.3, -0.25) is 4.79 Å². The molecular formula is C24H28F2N6O3. The van der Waals surface area contributed by atoms with Crippen molar-refractivity contribution in [2.24, 2.45) is 5.73 Å². The van der Waals surface area contributed by atoms with E-state index in [2.05, 4.69) is 15.3 Å². The van der Waals surface area contributed by atoms with E-state index in [0.717, 1.165) is 4.90 Å². The number of hydrogen-bond donors (Lipinski definition) is 2. The Morgan fingerprint density at radius 1 is 1.34 bits per heavy atom. The van der Waals surface area contributed by atoms with Crippen molar-refractivity contribution in [3.05, 3.63) is 47.3 Å². The third-order valence-electron chi connectivity index (χ3n) is 5.85. The van der Waals surface area contributed by atoms with E-state index in [-0.39, 0.29) is 24.4 Å². The highest BCUT2D eigenvalue weighted by Gasteiger charge is 2.43. The minimum absolute atomic E-state index is 0.0433. The number of nitrogens with zero attached hydrogens (tertiary/aromatic N) is 4. The monoisotopic (exact) mass is 486 g/mol. The Morgan fingerprint density at radius 3 is 2.77 bits per heavy atom. The Hall–Kier alpha value is -3.81. The van der Waals surface area contributed by atoms with Crippen LogP contribution >= 0.6 is 0 Å². The molecular weight excluding hydrogens is 458 g/mol. The Balaban J connectivity index is 1.83. The van der Waals surface area contributed by atoms with E-state index in [1.807, 2.05) is 6.07 Å². The first-order chi connectivity index (χ1) is 16.4. The number of ether oxygens (including phenoxy) is 1. The van der Waals surface area contributed by atoms with Crippen molar-refractivity contribution in [3.63, 3.8) is 0 Å². The van der Waals surface area contributed by atoms with Crippen LogP contribution in [-0.4, -0.2) is 51.0 Å². The first kappa shape index (κ1) is 25.8. The standard InChI is InChI=1S/C24H28F2N6O3/c1-15-4-5-18(30-19-12-16(13-27)8-11-29-19)31-20(15)21(33)32-14-24(25,26)10-7-17(32)6-9-23(2,3)35-22(28)34/h4-5,8,11-12,17H,6-7,9-10,14H2,1-3H3,(H2,28,34)(H,29,30,31)/t17-/m1/s1. The van der Waals surface area contributed by atoms with E-state index in [1.54, 1.807) is 39.0 Å². The van der Waals surface area contributed by atoms with Crippen LogP contribution in [0.2, 0.25) is 0 Å². The number of aryl methyl sites for hydroxylation is 1. The quantitative estimate of drug-likeness (QED) is 0.596. The normalized spacial score (nSPS) is 17.4. The molecule has 186 valence electrons. The third kappa shape index (κ3) is 6.85. The lowest BCUT2D eigenvalue weighted by molar-refractivity contribution is -0.0757. The summed E-state index contributed by atoms with van der Waals surface area (Å²) in [5.74, 6) is -2.98. The molecule has 35 heavy (non-hydrogen) atoms. The Morgan fingerprint density at radius 2 is 2.09 bits per heavy atom. The molecule has 2 aromatic rings. The highest BCUT2D eigenvalue weighted by molar-refractivity contribution is 5.94. The molecule has 0 spiro atoms. The van der Waals surface area contributed by atoms with Crippen LogP contribution in [0, 0.1) is 18.3 Å². The molecule has 0 bridgehead atoms. The van der Waals surface area contributed by atoms with E-state index >= 15 is 0 Å². The number of nitrogens with two attached hydrogens (primary N) is 1. The number of primary amides is 1. The molecule has 0 aromatic carbocycles. The van der Waals surface area contributed by atoms with Gasteiger partial charge in [0.25, 0.3) is 11.8 Å². The summed E-state index contributed by atoms with van der Waals surface area (Å²) in [7, 11) is 0. The molecule has 11 heteroatoms. The van der Waals surface area contributed by atoms with Crippen molar-refractivity contribution >= 4 is 23.6 Å². The van der Waals surface area contributed by atoms with Crippen LogP contribution in [0.1, 0.15) is 61.1 Å². The van der Waals surface area contributed by atoms with E-state index in [0.29, 0.717) is 29.8 Å². The maximum atomic E-state index is 14.3. The summed E-state index contributed by atoms with van der Waals surface area (Å²) in [6.07, 6.45) is 0.998. The fourth-order valence-corrected chi connectivity index (χ4v) is 4.02. The number of halogens is 2. The number of carbonyl (C=O) groups is 2. The van der Waals surface area contributed by atoms with Gasteiger partial charge in [-0.05, 0) is 63.8 Å². The number of anilines is 2. The lowest BCUT2D eigenvalue weighted by atomic mass is 9.91. The van der Waals surface area contributed by atoms with Crippen molar-refractivity contribution < 1.29 is 23.1 Å². The van der Waals surface area contributed by atoms with Gasteiger partial charge >= 0.3 is 6.09 Å². The largest absolute Gasteiger partial charge is 0.444 e. The average Bonchev–Trinajstić information content (AvgIpc) is 2.78. The molecule has 0 unspecified atom stereocenters. The van der Waals surface area contributed by atoms with Crippen molar-refractivity contribution in [3.8, 4) is 6.07 Å². The summed E-state index contributed by atoms with van der Waals surface area (Å²) >= 11 is 0. The van der Waals surface area contributed by atoms with Gasteiger partial charge in [0.2, 0.25) is 0 Å². The van der Waals surface area contributed by atoms with E-state index in [1.165, 1.54) is 12.3 Å². The summed E-state index contributed by atoms with van der Waals surface area (Å²) < 4.78 is 33.8. The first-order valence-electron chi connectivity index (χ1n) is 11.2. The first-order valence-corrected chi connectivity index (χ1v) is 11.2. The molecule has 9 nitrogen and oxygen atoms in total. The van der Waals surface area contributed by atoms with Crippen LogP contribution in [-0.2, 0) is 4.74 Å². The van der Waals surface area contributed by atoms with Gasteiger partial charge in [-0.15, -0.1) is 0 Å². The minimum atomic E-state index is -3.02. The number of nitriles is 1. The maximum absolute atomic E-state index is 14.3. The molecule has 1 fully saturated rings. The SMILES string of the molecule is Cc1ccc(Nc2cc(C#N)ccn2)nc1C(=O)N1CC(F)(F)CC[C@H]1CCC(C)(C)OC(N)=O. The van der Waals surface area contributed by atoms with Gasteiger partial charge in [-0.2, -0.15) is 5.26 Å². The highest BCUT2D eigenvalue weighted by Crippen LogP contribution is 2.34. The molecule has 2 aromatic heterocycles. The topological polar surface area (TPSA) is 134 Å². The zero-order valence-corrected chi connectivity index (χ0v) is 19.8. The molecule has 1 saturated heterocycles. The molecule has 2 amide bonds. The summed E-state index contributed by atoms with van der Waals surface area (Å²) in [6, 6.07) is 7.91. The van der Waals surface area contributed by atoms with Crippen LogP contribution in [0.4, 0.5) is 25.2 Å². The molecule has 3 rings (SSSR count). The number of carbonyl (C=O) groups excluding carboxylic acids is 2. The van der Waals surface area contributed by atoms with Gasteiger partial charge in [-0.1, -0.05) is 6.07 Å². The van der Waals surface area contributed by atoms with Gasteiger partial charge in [0, 0.05) is 18.7 Å². The predicted octanol–water partition coefficient (Wildman–Crippen LogP) is 4.29. The minimum Gasteiger partial charge on any atom is -0.444 e. The van der Waals surface area contributed by atoms with Crippen LogP contribution in [0.15, 0.2) is 30.5 Å². The predicted molar refractivity (Wildman–Crippen MR) is 124 cm³/mol. The Labute approximate surface area is 202 Å². The van der Waals surface area contributed by atoms with E-state index in [9.17, 15) is 18.4 Å². The third-order valence-corrected chi connectivity index (χ3v) is 5.85. The average molecular weight is 487 g/mol. The lowest BCUT2D eigenvalue weighted by Crippen LogP contribution is -2.52. The van der Waals surface area contributed by atoms with Gasteiger partial charge < -0.3 is 20.7 Å². The molecule has 1 atom stereocenters. The van der Waals surface area contributed by atoms with Crippen molar-refractivity contribution in [1.82, 2.24) is 14.9 Å². The second-order valence-corrected chi connectivity index (χ2v) is 9.23. The molecule has 3 N–H and O–H groups in total. The van der Waals surface area contributed by atoms with Crippen LogP contribution < -0.4 is 11.1 Å². The van der Waals surface area contributed by atoms with Crippen LogP contribution in [0.5, 0.6) is 0 Å². The number of alkyl halides is 2. The number of nitrogens with one attached hydrogen (secondary N) is 1. The number of piperidine rings is 1. The van der Waals surface area contributed by atoms with E-state index in [4.69, 9.17) is 15.7 Å². The fourth-order valence-electron chi connectivity index (χ4n) is 4.02. The van der Waals surface area contributed by atoms with Gasteiger partial charge in [0.15, 0.2) is 0 Å². The van der Waals surface area contributed by atoms with Crippen LogP contribution in [0.25, 0.3) is 0 Å². The number of likely N-dealkylation sites (tertiary alicyclic amines) is 1. The number of aromatic nitrogens is 2. The van der Waals surface area contributed by atoms with Gasteiger partial charge in [-0.25, -0.2) is 23.5 Å². The smallest absolute Gasteiger partial charge is 0.405 e. The highest BCUT2D eigenvalue weighted by atomic mass is 19.3. The Bertz CT molecular complexity index is 1150. The van der Waals surface area contributed by atoms with Crippen molar-refractivity contribution in [2.45, 2.75) is 64.0 Å². The fraction of sp³-hybridized carbons (Fsp3) is 0.458. The summed E-state index contributed by atoms with van der Waals surface area (Å²) in [5.41, 5.74) is 5.19. The second-order valence-electron chi connectivity index (χ2n) is 9.23. The summed E-state index contributed by atoms with van der Waals surface area (Å²) in [4.78, 5) is 34.3. The maximum Gasteiger partial charge on any atom is 0.405 e. The van der Waals surface area contributed by atoms with Gasteiger partial charge in [0.05, 0.1) is 18.2 Å². The summed E-state index contributed by atoms with van der Waals surface area (Å²) in [5, 5.41) is 12.0. The summed E-state index contributed by atoms with van der Waals surface area (Å²) in [6.45, 7) is 4.31. The molecule has 1 aliphatic heterocycles.